The molecule has 106 valence electrons. The minimum atomic E-state index is 0.505. The zero-order valence-electron chi connectivity index (χ0n) is 12.2. The van der Waals surface area contributed by atoms with Crippen molar-refractivity contribution >= 4 is 15.9 Å². The summed E-state index contributed by atoms with van der Waals surface area (Å²) in [7, 11) is 0. The van der Waals surface area contributed by atoms with Crippen molar-refractivity contribution in [1.82, 2.24) is 10.2 Å². The van der Waals surface area contributed by atoms with Gasteiger partial charge in [0, 0.05) is 29.1 Å². The molecular weight excluding hydrogens is 300 g/mol. The van der Waals surface area contributed by atoms with Crippen LogP contribution in [-0.2, 0) is 0 Å². The maximum atomic E-state index is 3.68. The van der Waals surface area contributed by atoms with Crippen molar-refractivity contribution in [2.45, 2.75) is 51.7 Å². The molecular formula is C16H25BrN2. The highest BCUT2D eigenvalue weighted by Crippen LogP contribution is 2.25. The molecule has 0 amide bonds. The molecule has 1 heterocycles. The monoisotopic (exact) mass is 324 g/mol. The van der Waals surface area contributed by atoms with Crippen LogP contribution in [0.4, 0.5) is 0 Å². The van der Waals surface area contributed by atoms with E-state index in [9.17, 15) is 0 Å². The summed E-state index contributed by atoms with van der Waals surface area (Å²) in [5.41, 5.74) is 1.41. The summed E-state index contributed by atoms with van der Waals surface area (Å²) in [6.45, 7) is 9.16. The SMILES string of the molecule is CC(C)NC1CCCN(C(C)c2ccc(Br)cc2)C1. The second-order valence-electron chi connectivity index (χ2n) is 5.88. The van der Waals surface area contributed by atoms with Crippen molar-refractivity contribution in [1.29, 1.82) is 0 Å². The lowest BCUT2D eigenvalue weighted by Crippen LogP contribution is -2.48. The van der Waals surface area contributed by atoms with Gasteiger partial charge in [-0.05, 0) is 44.0 Å². The van der Waals surface area contributed by atoms with Crippen LogP contribution in [0.3, 0.4) is 0 Å². The Hall–Kier alpha value is -0.380. The fourth-order valence-electron chi connectivity index (χ4n) is 2.92. The Morgan fingerprint density at radius 2 is 1.89 bits per heavy atom. The van der Waals surface area contributed by atoms with E-state index in [4.69, 9.17) is 0 Å². The molecule has 1 aliphatic rings. The molecule has 0 bridgehead atoms. The third-order valence-corrected chi connectivity index (χ3v) is 4.45. The molecule has 1 fully saturated rings. The van der Waals surface area contributed by atoms with Crippen LogP contribution >= 0.6 is 15.9 Å². The molecule has 1 aromatic carbocycles. The quantitative estimate of drug-likeness (QED) is 0.901. The van der Waals surface area contributed by atoms with Gasteiger partial charge in [-0.1, -0.05) is 41.9 Å². The second kappa shape index (κ2) is 6.87. The summed E-state index contributed by atoms with van der Waals surface area (Å²) in [6.07, 6.45) is 2.60. The molecule has 2 rings (SSSR count). The molecule has 2 unspecified atom stereocenters. The predicted molar refractivity (Wildman–Crippen MR) is 85.4 cm³/mol. The van der Waals surface area contributed by atoms with Crippen LogP contribution in [0, 0.1) is 0 Å². The smallest absolute Gasteiger partial charge is 0.0320 e. The third-order valence-electron chi connectivity index (χ3n) is 3.92. The molecule has 1 N–H and O–H groups in total. The van der Waals surface area contributed by atoms with Gasteiger partial charge in [0.2, 0.25) is 0 Å². The number of nitrogens with one attached hydrogen (secondary N) is 1. The van der Waals surface area contributed by atoms with Gasteiger partial charge in [0.1, 0.15) is 0 Å². The Bertz CT molecular complexity index is 388. The summed E-state index contributed by atoms with van der Waals surface area (Å²) >= 11 is 3.50. The molecule has 1 aliphatic heterocycles. The van der Waals surface area contributed by atoms with E-state index in [0.29, 0.717) is 18.1 Å². The Labute approximate surface area is 125 Å². The van der Waals surface area contributed by atoms with Crippen molar-refractivity contribution in [3.8, 4) is 0 Å². The zero-order valence-corrected chi connectivity index (χ0v) is 13.8. The molecule has 0 radical (unpaired) electrons. The average molecular weight is 325 g/mol. The normalized spacial score (nSPS) is 22.7. The largest absolute Gasteiger partial charge is 0.311 e. The number of piperidine rings is 1. The lowest BCUT2D eigenvalue weighted by Gasteiger charge is -2.38. The Morgan fingerprint density at radius 1 is 1.21 bits per heavy atom. The van der Waals surface area contributed by atoms with E-state index in [1.54, 1.807) is 0 Å². The fraction of sp³-hybridized carbons (Fsp3) is 0.625. The first-order valence-electron chi connectivity index (χ1n) is 7.32. The van der Waals surface area contributed by atoms with E-state index in [1.807, 2.05) is 0 Å². The molecule has 0 spiro atoms. The van der Waals surface area contributed by atoms with E-state index < -0.39 is 0 Å². The van der Waals surface area contributed by atoms with Crippen molar-refractivity contribution < 1.29 is 0 Å². The van der Waals surface area contributed by atoms with E-state index in [-0.39, 0.29) is 0 Å². The van der Waals surface area contributed by atoms with Gasteiger partial charge in [-0.15, -0.1) is 0 Å². The molecule has 0 aliphatic carbocycles. The first kappa shape index (κ1) is 15.0. The number of rotatable bonds is 4. The minimum Gasteiger partial charge on any atom is -0.311 e. The zero-order chi connectivity index (χ0) is 13.8. The lowest BCUT2D eigenvalue weighted by molar-refractivity contribution is 0.142. The van der Waals surface area contributed by atoms with Crippen LogP contribution in [0.2, 0.25) is 0 Å². The Morgan fingerprint density at radius 3 is 2.53 bits per heavy atom. The molecule has 1 aromatic rings. The van der Waals surface area contributed by atoms with Gasteiger partial charge in [0.25, 0.3) is 0 Å². The van der Waals surface area contributed by atoms with Crippen molar-refractivity contribution in [2.24, 2.45) is 0 Å². The van der Waals surface area contributed by atoms with Crippen LogP contribution in [0.5, 0.6) is 0 Å². The summed E-state index contributed by atoms with van der Waals surface area (Å²) in [4.78, 5) is 2.60. The highest BCUT2D eigenvalue weighted by Gasteiger charge is 2.24. The lowest BCUT2D eigenvalue weighted by atomic mass is 10.00. The van der Waals surface area contributed by atoms with E-state index in [1.165, 1.54) is 24.9 Å². The Kier molecular flexibility index (Phi) is 5.43. The number of benzene rings is 1. The molecule has 2 atom stereocenters. The summed E-state index contributed by atoms with van der Waals surface area (Å²) < 4.78 is 1.15. The van der Waals surface area contributed by atoms with Gasteiger partial charge in [0.15, 0.2) is 0 Å². The van der Waals surface area contributed by atoms with Crippen LogP contribution < -0.4 is 5.32 Å². The molecule has 19 heavy (non-hydrogen) atoms. The molecule has 3 heteroatoms. The van der Waals surface area contributed by atoms with Crippen LogP contribution in [0.1, 0.15) is 45.2 Å². The number of hydrogen-bond donors (Lipinski definition) is 1. The fourth-order valence-corrected chi connectivity index (χ4v) is 3.18. The summed E-state index contributed by atoms with van der Waals surface area (Å²) in [6, 6.07) is 10.5. The van der Waals surface area contributed by atoms with Crippen molar-refractivity contribution in [2.75, 3.05) is 13.1 Å². The van der Waals surface area contributed by atoms with Crippen molar-refractivity contribution in [3.05, 3.63) is 34.3 Å². The first-order chi connectivity index (χ1) is 9.06. The van der Waals surface area contributed by atoms with E-state index in [2.05, 4.69) is 71.2 Å². The maximum absolute atomic E-state index is 3.68. The van der Waals surface area contributed by atoms with Gasteiger partial charge in [0.05, 0.1) is 0 Å². The van der Waals surface area contributed by atoms with Gasteiger partial charge >= 0.3 is 0 Å². The van der Waals surface area contributed by atoms with E-state index in [0.717, 1.165) is 11.0 Å². The standard InChI is InChI=1S/C16H25BrN2/c1-12(2)18-16-5-4-10-19(11-16)13(3)14-6-8-15(17)9-7-14/h6-9,12-13,16,18H,4-5,10-11H2,1-3H3. The molecule has 0 saturated carbocycles. The van der Waals surface area contributed by atoms with Gasteiger partial charge in [-0.25, -0.2) is 0 Å². The molecule has 1 saturated heterocycles. The molecule has 0 aromatic heterocycles. The highest BCUT2D eigenvalue weighted by atomic mass is 79.9. The van der Waals surface area contributed by atoms with Crippen LogP contribution in [0.15, 0.2) is 28.7 Å². The minimum absolute atomic E-state index is 0.505. The highest BCUT2D eigenvalue weighted by molar-refractivity contribution is 9.10. The van der Waals surface area contributed by atoms with Gasteiger partial charge in [-0.2, -0.15) is 0 Å². The number of halogens is 1. The second-order valence-corrected chi connectivity index (χ2v) is 6.80. The predicted octanol–water partition coefficient (Wildman–Crippen LogP) is 3.97. The summed E-state index contributed by atoms with van der Waals surface area (Å²) in [5, 5.41) is 3.68. The first-order valence-corrected chi connectivity index (χ1v) is 8.11. The maximum Gasteiger partial charge on any atom is 0.0320 e. The third kappa shape index (κ3) is 4.30. The van der Waals surface area contributed by atoms with E-state index >= 15 is 0 Å². The van der Waals surface area contributed by atoms with Gasteiger partial charge < -0.3 is 5.32 Å². The van der Waals surface area contributed by atoms with Gasteiger partial charge in [-0.3, -0.25) is 4.90 Å². The van der Waals surface area contributed by atoms with Crippen LogP contribution in [0.25, 0.3) is 0 Å². The van der Waals surface area contributed by atoms with Crippen LogP contribution in [-0.4, -0.2) is 30.1 Å². The number of likely N-dealkylation sites (tertiary alicyclic amines) is 1. The number of nitrogens with zero attached hydrogens (tertiary/aromatic N) is 1. The topological polar surface area (TPSA) is 15.3 Å². The summed E-state index contributed by atoms with van der Waals surface area (Å²) in [5.74, 6) is 0. The Balaban J connectivity index is 1.98. The van der Waals surface area contributed by atoms with Crippen molar-refractivity contribution in [3.63, 3.8) is 0 Å². The molecule has 2 nitrogen and oxygen atoms in total. The average Bonchev–Trinajstić information content (AvgIpc) is 2.38. The number of hydrogen-bond acceptors (Lipinski definition) is 2.